The average molecular weight is 381 g/mol. The maximum absolute atomic E-state index is 12.1. The van der Waals surface area contributed by atoms with E-state index in [0.29, 0.717) is 0 Å². The summed E-state index contributed by atoms with van der Waals surface area (Å²) < 4.78 is 4.87. The zero-order valence-electron chi connectivity index (χ0n) is 13.7. The van der Waals surface area contributed by atoms with E-state index < -0.39 is 61.0 Å². The number of carbonyl (C=O) groups is 3. The molecule has 12 heteroatoms. The second-order valence-corrected chi connectivity index (χ2v) is 6.29. The van der Waals surface area contributed by atoms with Crippen molar-refractivity contribution in [2.45, 2.75) is 36.7 Å². The monoisotopic (exact) mass is 381 g/mol. The van der Waals surface area contributed by atoms with Crippen molar-refractivity contribution in [3.05, 3.63) is 0 Å². The van der Waals surface area contributed by atoms with Gasteiger partial charge < -0.3 is 41.1 Å². The highest BCUT2D eigenvalue weighted by Crippen LogP contribution is 2.19. The van der Waals surface area contributed by atoms with Crippen LogP contribution in [-0.4, -0.2) is 100 Å². The number of likely N-dealkylation sites (N-methyl/N-ethyl adjacent to an activating group) is 1. The molecule has 0 spiro atoms. The van der Waals surface area contributed by atoms with Crippen LogP contribution >= 0.6 is 11.8 Å². The number of carbonyl (C=O) groups excluding carboxylic acids is 2. The molecule has 1 aliphatic heterocycles. The minimum atomic E-state index is -1.69. The van der Waals surface area contributed by atoms with Gasteiger partial charge in [0.05, 0.1) is 12.6 Å². The molecule has 144 valence electrons. The molecule has 11 nitrogen and oxygen atoms in total. The highest BCUT2D eigenvalue weighted by Gasteiger charge is 2.46. The Balaban J connectivity index is 2.58. The SMILES string of the molecule is CN[C@@H]1[C@H](O)[C@@H](C(=O)NCC(=O)NC(CSC)C(=O)O)OC(O)[C@@H]1O. The zero-order chi connectivity index (χ0) is 19.1. The van der Waals surface area contributed by atoms with Crippen LogP contribution in [0.5, 0.6) is 0 Å². The number of thioether (sulfide) groups is 1. The number of hydrogen-bond donors (Lipinski definition) is 7. The van der Waals surface area contributed by atoms with Crippen LogP contribution in [0.3, 0.4) is 0 Å². The number of amides is 2. The first kappa shape index (κ1) is 21.6. The topological polar surface area (TPSA) is 177 Å². The van der Waals surface area contributed by atoms with Crippen LogP contribution in [0.25, 0.3) is 0 Å². The average Bonchev–Trinajstić information content (AvgIpc) is 2.56. The van der Waals surface area contributed by atoms with Crippen LogP contribution in [0.2, 0.25) is 0 Å². The molecule has 0 radical (unpaired) electrons. The molecule has 1 fully saturated rings. The zero-order valence-corrected chi connectivity index (χ0v) is 14.5. The Hall–Kier alpha value is -1.44. The summed E-state index contributed by atoms with van der Waals surface area (Å²) >= 11 is 1.24. The molecule has 0 aromatic rings. The molecule has 1 heterocycles. The smallest absolute Gasteiger partial charge is 0.327 e. The van der Waals surface area contributed by atoms with Crippen molar-refractivity contribution in [1.29, 1.82) is 0 Å². The van der Waals surface area contributed by atoms with Crippen molar-refractivity contribution in [3.63, 3.8) is 0 Å². The number of nitrogens with one attached hydrogen (secondary N) is 3. The van der Waals surface area contributed by atoms with E-state index in [-0.39, 0.29) is 5.75 Å². The summed E-state index contributed by atoms with van der Waals surface area (Å²) in [6.45, 7) is -0.535. The van der Waals surface area contributed by atoms with Gasteiger partial charge in [0, 0.05) is 5.75 Å². The van der Waals surface area contributed by atoms with Crippen LogP contribution < -0.4 is 16.0 Å². The third-order valence-corrected chi connectivity index (χ3v) is 4.27. The lowest BCUT2D eigenvalue weighted by Crippen LogP contribution is -2.65. The molecular formula is C13H23N3O8S. The first-order valence-electron chi connectivity index (χ1n) is 7.38. The van der Waals surface area contributed by atoms with E-state index in [1.54, 1.807) is 6.26 Å². The Labute approximate surface area is 148 Å². The van der Waals surface area contributed by atoms with Gasteiger partial charge >= 0.3 is 5.97 Å². The lowest BCUT2D eigenvalue weighted by Gasteiger charge is -2.39. The number of hydrogen-bond acceptors (Lipinski definition) is 9. The molecule has 0 bridgehead atoms. The summed E-state index contributed by atoms with van der Waals surface area (Å²) in [5, 5.41) is 45.3. The fraction of sp³-hybridized carbons (Fsp3) is 0.769. The van der Waals surface area contributed by atoms with Gasteiger partial charge in [-0.25, -0.2) is 4.79 Å². The molecule has 6 atom stereocenters. The number of carboxylic acids is 1. The Kier molecular flexibility index (Phi) is 8.55. The maximum atomic E-state index is 12.1. The lowest BCUT2D eigenvalue weighted by molar-refractivity contribution is -0.251. The third-order valence-electron chi connectivity index (χ3n) is 3.61. The standard InChI is InChI=1S/C13H23N3O8S/c1-14-7-8(18)10(24-13(23)9(7)19)11(20)15-3-6(17)16-5(4-25-2)12(21)22/h5,7-10,13-14,18-19,23H,3-4H2,1-2H3,(H,15,20)(H,16,17)(H,21,22)/t5?,7-,8+,9-,10+,13?/m1/s1. The largest absolute Gasteiger partial charge is 0.480 e. The van der Waals surface area contributed by atoms with E-state index in [1.165, 1.54) is 18.8 Å². The molecule has 0 aliphatic carbocycles. The summed E-state index contributed by atoms with van der Waals surface area (Å²) in [5.74, 6) is -2.65. The summed E-state index contributed by atoms with van der Waals surface area (Å²) in [7, 11) is 1.43. The van der Waals surface area contributed by atoms with E-state index in [9.17, 15) is 29.7 Å². The fourth-order valence-corrected chi connectivity index (χ4v) is 2.85. The van der Waals surface area contributed by atoms with Gasteiger partial charge in [0.2, 0.25) is 5.91 Å². The normalized spacial score (nSPS) is 30.4. The van der Waals surface area contributed by atoms with Crippen molar-refractivity contribution >= 4 is 29.5 Å². The van der Waals surface area contributed by atoms with Crippen molar-refractivity contribution in [3.8, 4) is 0 Å². The molecule has 0 saturated carbocycles. The minimum absolute atomic E-state index is 0.160. The number of carboxylic acid groups (broad SMARTS) is 1. The second-order valence-electron chi connectivity index (χ2n) is 5.37. The first-order chi connectivity index (χ1) is 11.7. The minimum Gasteiger partial charge on any atom is -0.480 e. The molecule has 1 aliphatic rings. The molecule has 0 aromatic heterocycles. The summed E-state index contributed by atoms with van der Waals surface area (Å²) in [4.78, 5) is 34.8. The molecular weight excluding hydrogens is 358 g/mol. The number of ether oxygens (including phenoxy) is 1. The first-order valence-corrected chi connectivity index (χ1v) is 8.78. The van der Waals surface area contributed by atoms with Crippen LogP contribution in [0.1, 0.15) is 0 Å². The Bertz CT molecular complexity index is 494. The molecule has 0 aromatic carbocycles. The molecule has 1 saturated heterocycles. The Morgan fingerprint density at radius 1 is 1.20 bits per heavy atom. The van der Waals surface area contributed by atoms with E-state index in [2.05, 4.69) is 16.0 Å². The summed E-state index contributed by atoms with van der Waals surface area (Å²) in [6, 6.07) is -2.10. The molecule has 2 unspecified atom stereocenters. The van der Waals surface area contributed by atoms with Crippen LogP contribution in [0, 0.1) is 0 Å². The number of aliphatic hydroxyl groups is 3. The quantitative estimate of drug-likeness (QED) is 0.220. The van der Waals surface area contributed by atoms with Gasteiger partial charge in [0.25, 0.3) is 5.91 Å². The fourth-order valence-electron chi connectivity index (χ4n) is 2.29. The Morgan fingerprint density at radius 2 is 1.84 bits per heavy atom. The van der Waals surface area contributed by atoms with Gasteiger partial charge in [-0.05, 0) is 13.3 Å². The number of rotatable bonds is 8. The van der Waals surface area contributed by atoms with Gasteiger partial charge in [-0.15, -0.1) is 0 Å². The maximum Gasteiger partial charge on any atom is 0.327 e. The van der Waals surface area contributed by atoms with Gasteiger partial charge in [-0.3, -0.25) is 9.59 Å². The molecule has 1 rings (SSSR count). The van der Waals surface area contributed by atoms with E-state index in [4.69, 9.17) is 9.84 Å². The van der Waals surface area contributed by atoms with E-state index in [0.717, 1.165) is 0 Å². The summed E-state index contributed by atoms with van der Waals surface area (Å²) in [5.41, 5.74) is 0. The second kappa shape index (κ2) is 9.89. The lowest BCUT2D eigenvalue weighted by atomic mass is 9.96. The van der Waals surface area contributed by atoms with Gasteiger partial charge in [0.1, 0.15) is 18.2 Å². The van der Waals surface area contributed by atoms with Gasteiger partial charge in [0.15, 0.2) is 12.4 Å². The van der Waals surface area contributed by atoms with Crippen LogP contribution in [0.4, 0.5) is 0 Å². The van der Waals surface area contributed by atoms with Crippen molar-refractivity contribution < 1.29 is 39.5 Å². The Morgan fingerprint density at radius 3 is 2.36 bits per heavy atom. The molecule has 7 N–H and O–H groups in total. The molecule has 25 heavy (non-hydrogen) atoms. The van der Waals surface area contributed by atoms with Gasteiger partial charge in [-0.1, -0.05) is 0 Å². The number of aliphatic carboxylic acids is 1. The van der Waals surface area contributed by atoms with E-state index in [1.807, 2.05) is 0 Å². The number of aliphatic hydroxyl groups excluding tert-OH is 3. The third kappa shape index (κ3) is 5.80. The summed E-state index contributed by atoms with van der Waals surface area (Å²) in [6.07, 6.45) is -4.41. The van der Waals surface area contributed by atoms with E-state index >= 15 is 0 Å². The highest BCUT2D eigenvalue weighted by molar-refractivity contribution is 7.98. The van der Waals surface area contributed by atoms with Crippen molar-refractivity contribution in [1.82, 2.24) is 16.0 Å². The van der Waals surface area contributed by atoms with Crippen LogP contribution in [-0.2, 0) is 19.1 Å². The predicted octanol–water partition coefficient (Wildman–Crippen LogP) is -3.94. The van der Waals surface area contributed by atoms with Gasteiger partial charge in [-0.2, -0.15) is 11.8 Å². The predicted molar refractivity (Wildman–Crippen MR) is 86.7 cm³/mol. The highest BCUT2D eigenvalue weighted by atomic mass is 32.2. The van der Waals surface area contributed by atoms with Crippen LogP contribution in [0.15, 0.2) is 0 Å². The molecule has 2 amide bonds. The van der Waals surface area contributed by atoms with Crippen molar-refractivity contribution in [2.24, 2.45) is 0 Å². The van der Waals surface area contributed by atoms with Crippen molar-refractivity contribution in [2.75, 3.05) is 25.6 Å².